The summed E-state index contributed by atoms with van der Waals surface area (Å²) in [6, 6.07) is 8.77. The van der Waals surface area contributed by atoms with Gasteiger partial charge >= 0.3 is 0 Å². The fourth-order valence-corrected chi connectivity index (χ4v) is 2.38. The minimum atomic E-state index is -0.622. The van der Waals surface area contributed by atoms with Crippen molar-refractivity contribution < 1.29 is 18.3 Å². The standard InChI is InChI=1S/C16H15F2NO2/c1-19-8-11-9-20-15-4-2-3-13(16(15)21-11)12-6-5-10(17)7-14(12)18/h2-7,11,19H,8-9H2,1H3. The average molecular weight is 291 g/mol. The van der Waals surface area contributed by atoms with E-state index in [1.54, 1.807) is 18.2 Å². The van der Waals surface area contributed by atoms with Crippen molar-refractivity contribution in [3.63, 3.8) is 0 Å². The lowest BCUT2D eigenvalue weighted by atomic mass is 10.0. The highest BCUT2D eigenvalue weighted by Crippen LogP contribution is 2.41. The number of ether oxygens (including phenoxy) is 2. The van der Waals surface area contributed by atoms with Crippen LogP contribution in [0.1, 0.15) is 0 Å². The summed E-state index contributed by atoms with van der Waals surface area (Å²) in [5.74, 6) is -0.160. The molecule has 2 aromatic rings. The zero-order valence-corrected chi connectivity index (χ0v) is 11.5. The molecule has 1 aliphatic heterocycles. The van der Waals surface area contributed by atoms with Crippen LogP contribution in [0.3, 0.4) is 0 Å². The largest absolute Gasteiger partial charge is 0.486 e. The molecule has 0 fully saturated rings. The fraction of sp³-hybridized carbons (Fsp3) is 0.250. The van der Waals surface area contributed by atoms with Gasteiger partial charge in [0, 0.05) is 23.7 Å². The topological polar surface area (TPSA) is 30.5 Å². The SMILES string of the molecule is CNCC1COc2cccc(-c3ccc(F)cc3F)c2O1. The number of hydrogen-bond acceptors (Lipinski definition) is 3. The molecule has 0 amide bonds. The van der Waals surface area contributed by atoms with Crippen molar-refractivity contribution in [2.24, 2.45) is 0 Å². The molecule has 0 spiro atoms. The lowest BCUT2D eigenvalue weighted by Crippen LogP contribution is -2.37. The second kappa shape index (κ2) is 5.69. The van der Waals surface area contributed by atoms with Crippen LogP contribution in [0.15, 0.2) is 36.4 Å². The van der Waals surface area contributed by atoms with Gasteiger partial charge in [-0.1, -0.05) is 12.1 Å². The Morgan fingerprint density at radius 2 is 2.05 bits per heavy atom. The molecule has 0 saturated heterocycles. The molecule has 0 bridgehead atoms. The smallest absolute Gasteiger partial charge is 0.169 e. The molecule has 1 atom stereocenters. The summed E-state index contributed by atoms with van der Waals surface area (Å²) in [6.07, 6.45) is -0.146. The van der Waals surface area contributed by atoms with E-state index >= 15 is 0 Å². The van der Waals surface area contributed by atoms with Gasteiger partial charge in [0.15, 0.2) is 11.5 Å². The highest BCUT2D eigenvalue weighted by Gasteiger charge is 2.24. The Kier molecular flexibility index (Phi) is 3.75. The van der Waals surface area contributed by atoms with Crippen molar-refractivity contribution in [2.45, 2.75) is 6.10 Å². The van der Waals surface area contributed by atoms with E-state index in [4.69, 9.17) is 9.47 Å². The lowest BCUT2D eigenvalue weighted by molar-refractivity contribution is 0.0926. The molecule has 5 heteroatoms. The van der Waals surface area contributed by atoms with Gasteiger partial charge in [-0.05, 0) is 25.2 Å². The third-order valence-electron chi connectivity index (χ3n) is 3.34. The van der Waals surface area contributed by atoms with Gasteiger partial charge in [0.1, 0.15) is 24.3 Å². The van der Waals surface area contributed by atoms with Gasteiger partial charge in [-0.3, -0.25) is 0 Å². The van der Waals surface area contributed by atoms with Crippen LogP contribution in [0, 0.1) is 11.6 Å². The normalized spacial score (nSPS) is 16.8. The maximum Gasteiger partial charge on any atom is 0.169 e. The Morgan fingerprint density at radius 3 is 2.81 bits per heavy atom. The third-order valence-corrected chi connectivity index (χ3v) is 3.34. The Labute approximate surface area is 121 Å². The van der Waals surface area contributed by atoms with Crippen LogP contribution >= 0.6 is 0 Å². The van der Waals surface area contributed by atoms with E-state index in [0.717, 1.165) is 6.07 Å². The first-order chi connectivity index (χ1) is 10.2. The third kappa shape index (κ3) is 2.69. The number of hydrogen-bond donors (Lipinski definition) is 1. The number of halogens is 2. The molecular weight excluding hydrogens is 276 g/mol. The van der Waals surface area contributed by atoms with Crippen molar-refractivity contribution in [1.29, 1.82) is 0 Å². The number of likely N-dealkylation sites (N-methyl/N-ethyl adjacent to an activating group) is 1. The van der Waals surface area contributed by atoms with E-state index in [9.17, 15) is 8.78 Å². The van der Waals surface area contributed by atoms with Gasteiger partial charge in [-0.25, -0.2) is 8.78 Å². The van der Waals surface area contributed by atoms with Gasteiger partial charge in [-0.2, -0.15) is 0 Å². The second-order valence-electron chi connectivity index (χ2n) is 4.87. The van der Waals surface area contributed by atoms with Crippen molar-refractivity contribution in [3.8, 4) is 22.6 Å². The Hall–Kier alpha value is -2.14. The van der Waals surface area contributed by atoms with Gasteiger partial charge < -0.3 is 14.8 Å². The molecule has 1 aliphatic rings. The monoisotopic (exact) mass is 291 g/mol. The molecule has 3 nitrogen and oxygen atoms in total. The van der Waals surface area contributed by atoms with Crippen LogP contribution in [0.25, 0.3) is 11.1 Å². The number of nitrogens with one attached hydrogen (secondary N) is 1. The van der Waals surface area contributed by atoms with Gasteiger partial charge in [0.05, 0.1) is 0 Å². The quantitative estimate of drug-likeness (QED) is 0.943. The summed E-state index contributed by atoms with van der Waals surface area (Å²) >= 11 is 0. The number of rotatable bonds is 3. The van der Waals surface area contributed by atoms with E-state index in [1.165, 1.54) is 12.1 Å². The van der Waals surface area contributed by atoms with E-state index < -0.39 is 11.6 Å². The molecule has 0 radical (unpaired) electrons. The molecule has 3 rings (SSSR count). The predicted molar refractivity (Wildman–Crippen MR) is 75.6 cm³/mol. The van der Waals surface area contributed by atoms with Crippen molar-refractivity contribution in [1.82, 2.24) is 5.32 Å². The highest BCUT2D eigenvalue weighted by atomic mass is 19.1. The summed E-state index contributed by atoms with van der Waals surface area (Å²) in [7, 11) is 1.82. The van der Waals surface area contributed by atoms with Crippen LogP contribution in [-0.2, 0) is 0 Å². The Balaban J connectivity index is 2.04. The molecule has 110 valence electrons. The van der Waals surface area contributed by atoms with Crippen molar-refractivity contribution >= 4 is 0 Å². The van der Waals surface area contributed by atoms with E-state index in [2.05, 4.69) is 5.32 Å². The van der Waals surface area contributed by atoms with Crippen LogP contribution in [0.2, 0.25) is 0 Å². The second-order valence-corrected chi connectivity index (χ2v) is 4.87. The van der Waals surface area contributed by atoms with Crippen LogP contribution in [0.5, 0.6) is 11.5 Å². The number of benzene rings is 2. The summed E-state index contributed by atoms with van der Waals surface area (Å²) in [4.78, 5) is 0. The molecule has 2 aromatic carbocycles. The summed E-state index contributed by atoms with van der Waals surface area (Å²) in [5, 5.41) is 3.02. The highest BCUT2D eigenvalue weighted by molar-refractivity contribution is 5.74. The minimum absolute atomic E-state index is 0.146. The first kappa shape index (κ1) is 13.8. The van der Waals surface area contributed by atoms with Crippen LogP contribution in [-0.4, -0.2) is 26.3 Å². The van der Waals surface area contributed by atoms with Crippen molar-refractivity contribution in [2.75, 3.05) is 20.2 Å². The van der Waals surface area contributed by atoms with Crippen LogP contribution < -0.4 is 14.8 Å². The van der Waals surface area contributed by atoms with Gasteiger partial charge in [0.25, 0.3) is 0 Å². The molecule has 1 N–H and O–H groups in total. The summed E-state index contributed by atoms with van der Waals surface area (Å²) in [5.41, 5.74) is 0.854. The molecule has 21 heavy (non-hydrogen) atoms. The fourth-order valence-electron chi connectivity index (χ4n) is 2.38. The zero-order chi connectivity index (χ0) is 14.8. The molecule has 0 saturated carbocycles. The zero-order valence-electron chi connectivity index (χ0n) is 11.5. The van der Waals surface area contributed by atoms with E-state index in [-0.39, 0.29) is 6.10 Å². The number of para-hydroxylation sites is 1. The molecule has 0 aromatic heterocycles. The maximum atomic E-state index is 14.0. The Morgan fingerprint density at radius 1 is 1.19 bits per heavy atom. The predicted octanol–water partition coefficient (Wildman–Crippen LogP) is 2.99. The summed E-state index contributed by atoms with van der Waals surface area (Å²) < 4.78 is 38.6. The van der Waals surface area contributed by atoms with Crippen LogP contribution in [0.4, 0.5) is 8.78 Å². The molecule has 0 aliphatic carbocycles. The average Bonchev–Trinajstić information content (AvgIpc) is 2.47. The summed E-state index contributed by atoms with van der Waals surface area (Å²) in [6.45, 7) is 1.06. The Bertz CT molecular complexity index is 661. The molecule has 1 heterocycles. The molecule has 1 unspecified atom stereocenters. The number of fused-ring (bicyclic) bond motifs is 1. The molecular formula is C16H15F2NO2. The van der Waals surface area contributed by atoms with Crippen molar-refractivity contribution in [3.05, 3.63) is 48.0 Å². The lowest BCUT2D eigenvalue weighted by Gasteiger charge is -2.28. The van der Waals surface area contributed by atoms with E-state index in [0.29, 0.717) is 35.8 Å². The minimum Gasteiger partial charge on any atom is -0.486 e. The first-order valence-corrected chi connectivity index (χ1v) is 6.71. The van der Waals surface area contributed by atoms with Gasteiger partial charge in [-0.15, -0.1) is 0 Å². The maximum absolute atomic E-state index is 14.0. The van der Waals surface area contributed by atoms with Gasteiger partial charge in [0.2, 0.25) is 0 Å². The first-order valence-electron chi connectivity index (χ1n) is 6.71. The van der Waals surface area contributed by atoms with E-state index in [1.807, 2.05) is 7.05 Å².